The number of halogens is 3. The number of ether oxygens (including phenoxy) is 1. The molecule has 0 saturated heterocycles. The Morgan fingerprint density at radius 3 is 2.79 bits per heavy atom. The highest BCUT2D eigenvalue weighted by Gasteiger charge is 2.15. The van der Waals surface area contributed by atoms with E-state index in [1.54, 1.807) is 0 Å². The first-order valence-corrected chi connectivity index (χ1v) is 5.53. The minimum absolute atomic E-state index is 0.0692. The van der Waals surface area contributed by atoms with E-state index in [0.29, 0.717) is 0 Å². The van der Waals surface area contributed by atoms with Gasteiger partial charge in [-0.1, -0.05) is 11.6 Å². The Hall–Kier alpha value is -1.99. The minimum Gasteiger partial charge on any atom is -0.435 e. The molecule has 0 atom stereocenters. The van der Waals surface area contributed by atoms with Gasteiger partial charge < -0.3 is 4.74 Å². The van der Waals surface area contributed by atoms with Crippen LogP contribution in [0.25, 0.3) is 0 Å². The third-order valence-corrected chi connectivity index (χ3v) is 2.51. The highest BCUT2D eigenvalue weighted by molar-refractivity contribution is 6.32. The van der Waals surface area contributed by atoms with Crippen molar-refractivity contribution in [1.29, 1.82) is 0 Å². The van der Waals surface area contributed by atoms with Crippen LogP contribution in [0.5, 0.6) is 11.6 Å². The lowest BCUT2D eigenvalue weighted by molar-refractivity contribution is -0.384. The molecule has 9 heteroatoms. The zero-order chi connectivity index (χ0) is 14.0. The van der Waals surface area contributed by atoms with Crippen molar-refractivity contribution in [1.82, 2.24) is 9.97 Å². The maximum absolute atomic E-state index is 13.4. The quantitative estimate of drug-likeness (QED) is 0.491. The van der Waals surface area contributed by atoms with Crippen LogP contribution in [0.3, 0.4) is 0 Å². The standard InChI is InChI=1S/C10H4Cl2FN3O3/c11-6-2-1-5(16(17)18)3-8(6)19-9-7(13)4-14-10(12)15-9/h1-4H. The van der Waals surface area contributed by atoms with Gasteiger partial charge in [-0.15, -0.1) is 0 Å². The predicted octanol–water partition coefficient (Wildman–Crippen LogP) is 3.62. The molecule has 0 radical (unpaired) electrons. The molecule has 6 nitrogen and oxygen atoms in total. The zero-order valence-electron chi connectivity index (χ0n) is 9.01. The summed E-state index contributed by atoms with van der Waals surface area (Å²) in [5, 5.41) is 10.5. The summed E-state index contributed by atoms with van der Waals surface area (Å²) in [5.74, 6) is -1.45. The number of hydrogen-bond acceptors (Lipinski definition) is 5. The van der Waals surface area contributed by atoms with Gasteiger partial charge in [0.1, 0.15) is 0 Å². The summed E-state index contributed by atoms with van der Waals surface area (Å²) in [6.45, 7) is 0. The van der Waals surface area contributed by atoms with Crippen molar-refractivity contribution < 1.29 is 14.1 Å². The van der Waals surface area contributed by atoms with Gasteiger partial charge in [0.25, 0.3) is 11.6 Å². The van der Waals surface area contributed by atoms with Crippen LogP contribution in [0.1, 0.15) is 0 Å². The highest BCUT2D eigenvalue weighted by atomic mass is 35.5. The van der Waals surface area contributed by atoms with E-state index in [4.69, 9.17) is 27.9 Å². The minimum atomic E-state index is -0.869. The summed E-state index contributed by atoms with van der Waals surface area (Å²) < 4.78 is 18.4. The largest absolute Gasteiger partial charge is 0.435 e. The molecule has 0 bridgehead atoms. The number of aromatic nitrogens is 2. The molecule has 1 aromatic carbocycles. The van der Waals surface area contributed by atoms with Crippen molar-refractivity contribution in [2.75, 3.05) is 0 Å². The number of nitrogens with zero attached hydrogens (tertiary/aromatic N) is 3. The van der Waals surface area contributed by atoms with Crippen molar-refractivity contribution in [3.63, 3.8) is 0 Å². The molecule has 0 aliphatic rings. The molecule has 0 unspecified atom stereocenters. The number of rotatable bonds is 3. The van der Waals surface area contributed by atoms with Gasteiger partial charge in [0.2, 0.25) is 11.1 Å². The summed E-state index contributed by atoms with van der Waals surface area (Å²) in [6.07, 6.45) is 0.815. The zero-order valence-corrected chi connectivity index (χ0v) is 10.5. The fraction of sp³-hybridized carbons (Fsp3) is 0. The first-order chi connectivity index (χ1) is 8.97. The van der Waals surface area contributed by atoms with Crippen LogP contribution in [0.15, 0.2) is 24.4 Å². The molecule has 0 fully saturated rings. The molecular formula is C10H4Cl2FN3O3. The molecule has 1 heterocycles. The first kappa shape index (κ1) is 13.4. The molecular weight excluding hydrogens is 300 g/mol. The van der Waals surface area contributed by atoms with Crippen LogP contribution in [-0.4, -0.2) is 14.9 Å². The highest BCUT2D eigenvalue weighted by Crippen LogP contribution is 2.32. The fourth-order valence-corrected chi connectivity index (χ4v) is 1.47. The van der Waals surface area contributed by atoms with E-state index < -0.39 is 16.6 Å². The monoisotopic (exact) mass is 303 g/mol. The summed E-state index contributed by atoms with van der Waals surface area (Å²) in [7, 11) is 0. The lowest BCUT2D eigenvalue weighted by atomic mass is 10.3. The Morgan fingerprint density at radius 2 is 2.11 bits per heavy atom. The van der Waals surface area contributed by atoms with Crippen LogP contribution in [-0.2, 0) is 0 Å². The SMILES string of the molecule is O=[N+]([O-])c1ccc(Cl)c(Oc2nc(Cl)ncc2F)c1. The first-order valence-electron chi connectivity index (χ1n) is 4.77. The van der Waals surface area contributed by atoms with Crippen molar-refractivity contribution in [2.24, 2.45) is 0 Å². The van der Waals surface area contributed by atoms with E-state index in [1.165, 1.54) is 12.1 Å². The second-order valence-electron chi connectivity index (χ2n) is 3.27. The van der Waals surface area contributed by atoms with Crippen molar-refractivity contribution >= 4 is 28.9 Å². The van der Waals surface area contributed by atoms with E-state index in [0.717, 1.165) is 12.3 Å². The van der Waals surface area contributed by atoms with E-state index in [9.17, 15) is 14.5 Å². The Kier molecular flexibility index (Phi) is 3.77. The molecule has 19 heavy (non-hydrogen) atoms. The average Bonchev–Trinajstić information content (AvgIpc) is 2.36. The third kappa shape index (κ3) is 3.07. The number of benzene rings is 1. The van der Waals surface area contributed by atoms with E-state index >= 15 is 0 Å². The molecule has 0 N–H and O–H groups in total. The summed E-state index contributed by atoms with van der Waals surface area (Å²) in [6, 6.07) is 3.51. The Morgan fingerprint density at radius 1 is 1.37 bits per heavy atom. The van der Waals surface area contributed by atoms with Gasteiger partial charge in [0.15, 0.2) is 5.75 Å². The lowest BCUT2D eigenvalue weighted by Gasteiger charge is -2.07. The number of non-ortho nitro benzene ring substituents is 1. The van der Waals surface area contributed by atoms with Gasteiger partial charge in [-0.3, -0.25) is 10.1 Å². The summed E-state index contributed by atoms with van der Waals surface area (Å²) >= 11 is 11.3. The maximum atomic E-state index is 13.4. The van der Waals surface area contributed by atoms with Crippen LogP contribution < -0.4 is 4.74 Å². The molecule has 1 aromatic heterocycles. The normalized spacial score (nSPS) is 10.3. The van der Waals surface area contributed by atoms with Gasteiger partial charge >= 0.3 is 0 Å². The van der Waals surface area contributed by atoms with Crippen molar-refractivity contribution in [3.05, 3.63) is 50.6 Å². The Bertz CT molecular complexity index is 654. The second-order valence-corrected chi connectivity index (χ2v) is 4.01. The fourth-order valence-electron chi connectivity index (χ4n) is 1.19. The molecule has 2 rings (SSSR count). The van der Waals surface area contributed by atoms with Gasteiger partial charge in [-0.05, 0) is 17.7 Å². The van der Waals surface area contributed by atoms with Crippen LogP contribution >= 0.6 is 23.2 Å². The lowest BCUT2D eigenvalue weighted by Crippen LogP contribution is -1.96. The predicted molar refractivity (Wildman–Crippen MR) is 65.2 cm³/mol. The van der Waals surface area contributed by atoms with Gasteiger partial charge in [-0.2, -0.15) is 9.37 Å². The van der Waals surface area contributed by atoms with Gasteiger partial charge in [-0.25, -0.2) is 4.98 Å². The topological polar surface area (TPSA) is 78.2 Å². The molecule has 0 aliphatic heterocycles. The number of nitro groups is 1. The van der Waals surface area contributed by atoms with E-state index in [1.807, 2.05) is 0 Å². The van der Waals surface area contributed by atoms with Crippen molar-refractivity contribution in [2.45, 2.75) is 0 Å². The van der Waals surface area contributed by atoms with Crippen LogP contribution in [0, 0.1) is 15.9 Å². The molecule has 0 spiro atoms. The van der Waals surface area contributed by atoms with Gasteiger partial charge in [0, 0.05) is 6.07 Å². The number of nitro benzene ring substituents is 1. The van der Waals surface area contributed by atoms with Crippen LogP contribution in [0.2, 0.25) is 10.3 Å². The molecule has 0 saturated carbocycles. The Balaban J connectivity index is 2.40. The smallest absolute Gasteiger partial charge is 0.273 e. The summed E-state index contributed by atoms with van der Waals surface area (Å²) in [5.41, 5.74) is -0.250. The average molecular weight is 304 g/mol. The number of hydrogen-bond donors (Lipinski definition) is 0. The molecule has 98 valence electrons. The van der Waals surface area contributed by atoms with Gasteiger partial charge in [0.05, 0.1) is 22.2 Å². The maximum Gasteiger partial charge on any atom is 0.273 e. The second kappa shape index (κ2) is 5.33. The van der Waals surface area contributed by atoms with E-state index in [2.05, 4.69) is 9.97 Å². The molecule has 2 aromatic rings. The third-order valence-electron chi connectivity index (χ3n) is 2.01. The molecule has 0 amide bonds. The Labute approximate surface area is 115 Å². The molecule has 0 aliphatic carbocycles. The van der Waals surface area contributed by atoms with Crippen molar-refractivity contribution in [3.8, 4) is 11.6 Å². The summed E-state index contributed by atoms with van der Waals surface area (Å²) in [4.78, 5) is 16.9. The van der Waals surface area contributed by atoms with Crippen LogP contribution in [0.4, 0.5) is 10.1 Å². The van der Waals surface area contributed by atoms with E-state index in [-0.39, 0.29) is 21.7 Å².